The van der Waals surface area contributed by atoms with Crippen molar-refractivity contribution in [3.8, 4) is 0 Å². The lowest BCUT2D eigenvalue weighted by Crippen LogP contribution is -2.48. The summed E-state index contributed by atoms with van der Waals surface area (Å²) in [5.74, 6) is -0.263. The Kier molecular flexibility index (Phi) is 9.03. The fraction of sp³-hybridized carbons (Fsp3) is 0.440. The summed E-state index contributed by atoms with van der Waals surface area (Å²) >= 11 is 0. The van der Waals surface area contributed by atoms with Crippen molar-refractivity contribution in [3.63, 3.8) is 0 Å². The molecule has 1 atom stereocenters. The van der Waals surface area contributed by atoms with Gasteiger partial charge in [0.15, 0.2) is 0 Å². The van der Waals surface area contributed by atoms with E-state index in [2.05, 4.69) is 36.5 Å². The fourth-order valence-electron chi connectivity index (χ4n) is 3.16. The molecule has 0 unspecified atom stereocenters. The van der Waals surface area contributed by atoms with Crippen LogP contribution in [0.1, 0.15) is 50.8 Å². The number of nitrogens with one attached hydrogen (secondary N) is 1. The van der Waals surface area contributed by atoms with Gasteiger partial charge in [0.2, 0.25) is 11.8 Å². The SMILES string of the molecule is CCc1ccc(CCC(=O)N(Cc2ccc(F)cc2)[C@H](C)C(=O)NCC(C)C)cc1. The van der Waals surface area contributed by atoms with Gasteiger partial charge in [-0.1, -0.05) is 57.2 Å². The van der Waals surface area contributed by atoms with Crippen molar-refractivity contribution in [2.24, 2.45) is 5.92 Å². The predicted octanol–water partition coefficient (Wildman–Crippen LogP) is 4.51. The highest BCUT2D eigenvalue weighted by molar-refractivity contribution is 5.87. The number of hydrogen-bond acceptors (Lipinski definition) is 2. The van der Waals surface area contributed by atoms with Crippen LogP contribution in [-0.4, -0.2) is 29.3 Å². The van der Waals surface area contributed by atoms with Gasteiger partial charge < -0.3 is 10.2 Å². The van der Waals surface area contributed by atoms with E-state index in [4.69, 9.17) is 0 Å². The molecule has 0 aliphatic rings. The minimum Gasteiger partial charge on any atom is -0.354 e. The molecule has 0 aliphatic heterocycles. The second-order valence-corrected chi connectivity index (χ2v) is 8.13. The molecule has 1 N–H and O–H groups in total. The molecule has 162 valence electrons. The van der Waals surface area contributed by atoms with E-state index in [0.717, 1.165) is 17.5 Å². The Hall–Kier alpha value is -2.69. The lowest BCUT2D eigenvalue weighted by molar-refractivity contribution is -0.140. The quantitative estimate of drug-likeness (QED) is 0.624. The van der Waals surface area contributed by atoms with E-state index in [0.29, 0.717) is 25.3 Å². The van der Waals surface area contributed by atoms with Crippen LogP contribution in [0.15, 0.2) is 48.5 Å². The van der Waals surface area contributed by atoms with E-state index in [-0.39, 0.29) is 24.2 Å². The summed E-state index contributed by atoms with van der Waals surface area (Å²) in [6.45, 7) is 8.73. The van der Waals surface area contributed by atoms with Gasteiger partial charge in [0.05, 0.1) is 0 Å². The molecule has 2 aromatic carbocycles. The molecule has 0 heterocycles. The molecule has 0 saturated heterocycles. The van der Waals surface area contributed by atoms with Crippen molar-refractivity contribution < 1.29 is 14.0 Å². The molecule has 0 aromatic heterocycles. The monoisotopic (exact) mass is 412 g/mol. The molecule has 0 saturated carbocycles. The summed E-state index contributed by atoms with van der Waals surface area (Å²) in [5, 5.41) is 2.91. The highest BCUT2D eigenvalue weighted by Crippen LogP contribution is 2.14. The zero-order chi connectivity index (χ0) is 22.1. The number of halogens is 1. The number of nitrogens with zero attached hydrogens (tertiary/aromatic N) is 1. The number of aryl methyl sites for hydroxylation is 2. The van der Waals surface area contributed by atoms with Gasteiger partial charge in [0.1, 0.15) is 11.9 Å². The van der Waals surface area contributed by atoms with E-state index in [9.17, 15) is 14.0 Å². The Morgan fingerprint density at radius 1 is 0.933 bits per heavy atom. The largest absolute Gasteiger partial charge is 0.354 e. The molecule has 4 nitrogen and oxygen atoms in total. The lowest BCUT2D eigenvalue weighted by Gasteiger charge is -2.29. The molecular formula is C25H33FN2O2. The molecule has 2 aromatic rings. The van der Waals surface area contributed by atoms with E-state index in [1.807, 2.05) is 13.8 Å². The van der Waals surface area contributed by atoms with Gasteiger partial charge in [-0.15, -0.1) is 0 Å². The summed E-state index contributed by atoms with van der Waals surface area (Å²) in [5.41, 5.74) is 3.15. The summed E-state index contributed by atoms with van der Waals surface area (Å²) in [6.07, 6.45) is 1.91. The number of carbonyl (C=O) groups is 2. The van der Waals surface area contributed by atoms with Crippen LogP contribution in [0.4, 0.5) is 4.39 Å². The molecule has 30 heavy (non-hydrogen) atoms. The van der Waals surface area contributed by atoms with Gasteiger partial charge in [-0.3, -0.25) is 9.59 Å². The van der Waals surface area contributed by atoms with Crippen molar-refractivity contribution in [3.05, 3.63) is 71.0 Å². The summed E-state index contributed by atoms with van der Waals surface area (Å²) in [6, 6.07) is 13.7. The van der Waals surface area contributed by atoms with Crippen molar-refractivity contribution >= 4 is 11.8 Å². The Labute approximate surface area is 179 Å². The zero-order valence-electron chi connectivity index (χ0n) is 18.5. The number of amides is 2. The minimum absolute atomic E-state index is 0.0916. The molecule has 0 bridgehead atoms. The van der Waals surface area contributed by atoms with Crippen LogP contribution in [0.25, 0.3) is 0 Å². The average Bonchev–Trinajstić information content (AvgIpc) is 2.75. The van der Waals surface area contributed by atoms with E-state index in [1.165, 1.54) is 17.7 Å². The maximum Gasteiger partial charge on any atom is 0.242 e. The molecule has 0 fully saturated rings. The maximum absolute atomic E-state index is 13.3. The van der Waals surface area contributed by atoms with Crippen LogP contribution < -0.4 is 5.32 Å². The Morgan fingerprint density at radius 2 is 1.50 bits per heavy atom. The zero-order valence-corrected chi connectivity index (χ0v) is 18.5. The Morgan fingerprint density at radius 3 is 2.07 bits per heavy atom. The van der Waals surface area contributed by atoms with E-state index < -0.39 is 6.04 Å². The van der Waals surface area contributed by atoms with Crippen LogP contribution in [0.2, 0.25) is 0 Å². The maximum atomic E-state index is 13.3. The fourth-order valence-corrected chi connectivity index (χ4v) is 3.16. The van der Waals surface area contributed by atoms with Crippen LogP contribution in [0, 0.1) is 11.7 Å². The van der Waals surface area contributed by atoms with Gasteiger partial charge in [-0.25, -0.2) is 4.39 Å². The minimum atomic E-state index is -0.608. The first-order chi connectivity index (χ1) is 14.3. The van der Waals surface area contributed by atoms with Crippen LogP contribution in [0.3, 0.4) is 0 Å². The second-order valence-electron chi connectivity index (χ2n) is 8.13. The normalized spacial score (nSPS) is 11.9. The highest BCUT2D eigenvalue weighted by Gasteiger charge is 2.26. The first kappa shape index (κ1) is 23.6. The molecule has 2 amide bonds. The van der Waals surface area contributed by atoms with Crippen molar-refractivity contribution in [2.75, 3.05) is 6.54 Å². The average molecular weight is 413 g/mol. The summed E-state index contributed by atoms with van der Waals surface area (Å²) in [4.78, 5) is 27.3. The first-order valence-electron chi connectivity index (χ1n) is 10.7. The third-order valence-electron chi connectivity index (χ3n) is 5.18. The molecule has 2 rings (SSSR count). The summed E-state index contributed by atoms with van der Waals surface area (Å²) in [7, 11) is 0. The van der Waals surface area contributed by atoms with Gasteiger partial charge in [0.25, 0.3) is 0 Å². The van der Waals surface area contributed by atoms with Gasteiger partial charge in [-0.2, -0.15) is 0 Å². The van der Waals surface area contributed by atoms with Crippen molar-refractivity contribution in [2.45, 2.75) is 59.5 Å². The predicted molar refractivity (Wildman–Crippen MR) is 118 cm³/mol. The molecule has 0 aliphatic carbocycles. The topological polar surface area (TPSA) is 49.4 Å². The molecule has 0 spiro atoms. The molecular weight excluding hydrogens is 379 g/mol. The van der Waals surface area contributed by atoms with Crippen LogP contribution in [-0.2, 0) is 29.0 Å². The van der Waals surface area contributed by atoms with Gasteiger partial charge in [0, 0.05) is 19.5 Å². The van der Waals surface area contributed by atoms with Gasteiger partial charge >= 0.3 is 0 Å². The number of carbonyl (C=O) groups excluding carboxylic acids is 2. The molecule has 5 heteroatoms. The standard InChI is InChI=1S/C25H33FN2O2/c1-5-20-6-8-21(9-7-20)12-15-24(29)28(17-22-10-13-23(26)14-11-22)19(4)25(30)27-16-18(2)3/h6-11,13-14,18-19H,5,12,15-17H2,1-4H3,(H,27,30)/t19-/m1/s1. The lowest BCUT2D eigenvalue weighted by atomic mass is 10.0. The van der Waals surface area contributed by atoms with Crippen LogP contribution in [0.5, 0.6) is 0 Å². The van der Waals surface area contributed by atoms with E-state index >= 15 is 0 Å². The van der Waals surface area contributed by atoms with E-state index in [1.54, 1.807) is 24.0 Å². The summed E-state index contributed by atoms with van der Waals surface area (Å²) < 4.78 is 13.3. The smallest absolute Gasteiger partial charge is 0.242 e. The first-order valence-corrected chi connectivity index (χ1v) is 10.7. The third kappa shape index (κ3) is 7.29. The second kappa shape index (κ2) is 11.5. The van der Waals surface area contributed by atoms with Crippen molar-refractivity contribution in [1.82, 2.24) is 10.2 Å². The number of rotatable bonds is 10. The highest BCUT2D eigenvalue weighted by atomic mass is 19.1. The number of benzene rings is 2. The van der Waals surface area contributed by atoms with Gasteiger partial charge in [-0.05, 0) is 54.5 Å². The van der Waals surface area contributed by atoms with Crippen molar-refractivity contribution in [1.29, 1.82) is 0 Å². The Bertz CT molecular complexity index is 816. The number of hydrogen-bond donors (Lipinski definition) is 1. The Balaban J connectivity index is 2.10. The third-order valence-corrected chi connectivity index (χ3v) is 5.18. The molecule has 0 radical (unpaired) electrons. The van der Waals surface area contributed by atoms with Crippen LogP contribution >= 0.6 is 0 Å².